The predicted molar refractivity (Wildman–Crippen MR) is 92.8 cm³/mol. The number of thioether (sulfide) groups is 1. The average molecular weight is 360 g/mol. The van der Waals surface area contributed by atoms with Gasteiger partial charge in [0.15, 0.2) is 5.82 Å². The molecule has 0 fully saturated rings. The zero-order chi connectivity index (χ0) is 17.8. The molecule has 0 spiro atoms. The molecule has 0 unspecified atom stereocenters. The zero-order valence-corrected chi connectivity index (χ0v) is 15.4. The SMILES string of the molecule is COc1ccc(C)cc1-n1nnnc1SCc1nc(CC(C)C)no1. The Balaban J connectivity index is 1.76. The van der Waals surface area contributed by atoms with Gasteiger partial charge in [-0.15, -0.1) is 5.10 Å². The first-order chi connectivity index (χ1) is 12.1. The van der Waals surface area contributed by atoms with E-state index in [4.69, 9.17) is 9.26 Å². The third-order valence-corrected chi connectivity index (χ3v) is 4.33. The van der Waals surface area contributed by atoms with Crippen LogP contribution in [0.4, 0.5) is 0 Å². The highest BCUT2D eigenvalue weighted by Crippen LogP contribution is 2.28. The number of ether oxygens (including phenoxy) is 1. The van der Waals surface area contributed by atoms with Crippen LogP contribution in [-0.2, 0) is 12.2 Å². The first-order valence-corrected chi connectivity index (χ1v) is 8.93. The largest absolute Gasteiger partial charge is 0.494 e. The van der Waals surface area contributed by atoms with Gasteiger partial charge < -0.3 is 9.26 Å². The third-order valence-electron chi connectivity index (χ3n) is 3.43. The molecule has 0 amide bonds. The molecule has 0 aliphatic rings. The van der Waals surface area contributed by atoms with E-state index in [-0.39, 0.29) is 0 Å². The maximum absolute atomic E-state index is 5.42. The van der Waals surface area contributed by atoms with Crippen molar-refractivity contribution in [2.24, 2.45) is 5.92 Å². The molecular formula is C16H20N6O2S. The number of aryl methyl sites for hydroxylation is 1. The molecule has 3 aromatic rings. The number of tetrazole rings is 1. The first kappa shape index (κ1) is 17.4. The van der Waals surface area contributed by atoms with Crippen LogP contribution in [0.25, 0.3) is 5.69 Å². The van der Waals surface area contributed by atoms with Gasteiger partial charge in [0.25, 0.3) is 0 Å². The van der Waals surface area contributed by atoms with E-state index in [9.17, 15) is 0 Å². The predicted octanol–water partition coefficient (Wildman–Crippen LogP) is 2.85. The minimum atomic E-state index is 0.485. The van der Waals surface area contributed by atoms with E-state index in [0.29, 0.717) is 28.5 Å². The Hall–Kier alpha value is -2.42. The quantitative estimate of drug-likeness (QED) is 0.594. The number of nitrogens with zero attached hydrogens (tertiary/aromatic N) is 6. The van der Waals surface area contributed by atoms with Gasteiger partial charge >= 0.3 is 0 Å². The standard InChI is InChI=1S/C16H20N6O2S/c1-10(2)7-14-17-15(24-19-14)9-25-16-18-20-21-22(16)12-8-11(3)5-6-13(12)23-4/h5-6,8,10H,7,9H2,1-4H3. The van der Waals surface area contributed by atoms with Crippen molar-refractivity contribution in [3.63, 3.8) is 0 Å². The van der Waals surface area contributed by atoms with Gasteiger partial charge in [-0.25, -0.2) is 0 Å². The van der Waals surface area contributed by atoms with Crippen LogP contribution in [0.3, 0.4) is 0 Å². The summed E-state index contributed by atoms with van der Waals surface area (Å²) in [6.45, 7) is 6.25. The fraction of sp³-hybridized carbons (Fsp3) is 0.438. The summed E-state index contributed by atoms with van der Waals surface area (Å²) in [7, 11) is 1.63. The maximum atomic E-state index is 5.42. The zero-order valence-electron chi connectivity index (χ0n) is 14.6. The summed E-state index contributed by atoms with van der Waals surface area (Å²) in [4.78, 5) is 4.40. The molecule has 8 nitrogen and oxygen atoms in total. The summed E-state index contributed by atoms with van der Waals surface area (Å²) in [5.41, 5.74) is 1.89. The summed E-state index contributed by atoms with van der Waals surface area (Å²) < 4.78 is 12.4. The molecular weight excluding hydrogens is 340 g/mol. The number of hydrogen-bond acceptors (Lipinski definition) is 8. The summed E-state index contributed by atoms with van der Waals surface area (Å²) in [5.74, 6) is 2.98. The van der Waals surface area contributed by atoms with Crippen LogP contribution in [0.5, 0.6) is 5.75 Å². The normalized spacial score (nSPS) is 11.2. The lowest BCUT2D eigenvalue weighted by atomic mass is 10.1. The van der Waals surface area contributed by atoms with Gasteiger partial charge in [-0.3, -0.25) is 0 Å². The smallest absolute Gasteiger partial charge is 0.237 e. The van der Waals surface area contributed by atoms with E-state index in [2.05, 4.69) is 39.5 Å². The second-order valence-corrected chi connectivity index (χ2v) is 6.98. The molecule has 132 valence electrons. The molecule has 0 aliphatic heterocycles. The van der Waals surface area contributed by atoms with E-state index >= 15 is 0 Å². The van der Waals surface area contributed by atoms with Crippen LogP contribution in [0, 0.1) is 12.8 Å². The third kappa shape index (κ3) is 4.16. The highest BCUT2D eigenvalue weighted by molar-refractivity contribution is 7.98. The summed E-state index contributed by atoms with van der Waals surface area (Å²) >= 11 is 1.43. The van der Waals surface area contributed by atoms with Gasteiger partial charge in [-0.1, -0.05) is 36.8 Å². The Morgan fingerprint density at radius 1 is 1.32 bits per heavy atom. The molecule has 0 atom stereocenters. The van der Waals surface area contributed by atoms with Gasteiger partial charge in [0.1, 0.15) is 11.4 Å². The molecule has 2 heterocycles. The minimum Gasteiger partial charge on any atom is -0.494 e. The molecule has 0 saturated heterocycles. The molecule has 0 N–H and O–H groups in total. The lowest BCUT2D eigenvalue weighted by molar-refractivity contribution is 0.382. The molecule has 0 bridgehead atoms. The Morgan fingerprint density at radius 3 is 2.92 bits per heavy atom. The second-order valence-electron chi connectivity index (χ2n) is 6.04. The fourth-order valence-corrected chi connectivity index (χ4v) is 3.03. The van der Waals surface area contributed by atoms with Crippen LogP contribution in [-0.4, -0.2) is 37.5 Å². The average Bonchev–Trinajstić information content (AvgIpc) is 3.21. The van der Waals surface area contributed by atoms with E-state index < -0.39 is 0 Å². The summed E-state index contributed by atoms with van der Waals surface area (Å²) in [6, 6.07) is 5.86. The lowest BCUT2D eigenvalue weighted by Gasteiger charge is -2.09. The van der Waals surface area contributed by atoms with Gasteiger partial charge in [-0.2, -0.15) is 9.67 Å². The number of rotatable bonds is 7. The van der Waals surface area contributed by atoms with Crippen molar-refractivity contribution in [1.82, 2.24) is 30.3 Å². The Labute approximate surface area is 150 Å². The molecule has 0 aliphatic carbocycles. The van der Waals surface area contributed by atoms with Gasteiger partial charge in [0.05, 0.1) is 12.9 Å². The number of methoxy groups -OCH3 is 1. The molecule has 0 saturated carbocycles. The van der Waals surface area contributed by atoms with E-state index in [1.165, 1.54) is 11.8 Å². The van der Waals surface area contributed by atoms with Crippen molar-refractivity contribution in [2.75, 3.05) is 7.11 Å². The van der Waals surface area contributed by atoms with Crippen molar-refractivity contribution < 1.29 is 9.26 Å². The molecule has 3 rings (SSSR count). The van der Waals surface area contributed by atoms with Crippen molar-refractivity contribution in [1.29, 1.82) is 0 Å². The lowest BCUT2D eigenvalue weighted by Crippen LogP contribution is -2.02. The first-order valence-electron chi connectivity index (χ1n) is 7.94. The van der Waals surface area contributed by atoms with Crippen LogP contribution in [0.15, 0.2) is 27.9 Å². The van der Waals surface area contributed by atoms with Crippen LogP contribution >= 0.6 is 11.8 Å². The molecule has 25 heavy (non-hydrogen) atoms. The van der Waals surface area contributed by atoms with Crippen LogP contribution < -0.4 is 4.74 Å². The van der Waals surface area contributed by atoms with Gasteiger partial charge in [0, 0.05) is 6.42 Å². The van der Waals surface area contributed by atoms with Crippen molar-refractivity contribution >= 4 is 11.8 Å². The summed E-state index contributed by atoms with van der Waals surface area (Å²) in [6.07, 6.45) is 0.798. The van der Waals surface area contributed by atoms with Crippen molar-refractivity contribution in [2.45, 2.75) is 38.1 Å². The Morgan fingerprint density at radius 2 is 2.16 bits per heavy atom. The minimum absolute atomic E-state index is 0.485. The second kappa shape index (κ2) is 7.64. The Bertz CT molecular complexity index is 845. The fourth-order valence-electron chi connectivity index (χ4n) is 2.31. The highest BCUT2D eigenvalue weighted by Gasteiger charge is 2.16. The number of benzene rings is 1. The van der Waals surface area contributed by atoms with Crippen molar-refractivity contribution in [3.05, 3.63) is 35.5 Å². The van der Waals surface area contributed by atoms with Crippen LogP contribution in [0.1, 0.15) is 31.1 Å². The Kier molecular flexibility index (Phi) is 5.32. The van der Waals surface area contributed by atoms with Gasteiger partial charge in [-0.05, 0) is 41.0 Å². The number of aromatic nitrogens is 6. The topological polar surface area (TPSA) is 91.8 Å². The summed E-state index contributed by atoms with van der Waals surface area (Å²) in [5, 5.41) is 16.6. The maximum Gasteiger partial charge on any atom is 0.237 e. The molecule has 0 radical (unpaired) electrons. The van der Waals surface area contributed by atoms with Crippen molar-refractivity contribution in [3.8, 4) is 11.4 Å². The van der Waals surface area contributed by atoms with E-state index in [1.807, 2.05) is 25.1 Å². The van der Waals surface area contributed by atoms with E-state index in [0.717, 1.165) is 23.5 Å². The van der Waals surface area contributed by atoms with Gasteiger partial charge in [0.2, 0.25) is 11.0 Å². The molecule has 1 aromatic carbocycles. The monoisotopic (exact) mass is 360 g/mol. The molecule has 2 aromatic heterocycles. The van der Waals surface area contributed by atoms with E-state index in [1.54, 1.807) is 11.8 Å². The highest BCUT2D eigenvalue weighted by atomic mass is 32.2. The van der Waals surface area contributed by atoms with Crippen LogP contribution in [0.2, 0.25) is 0 Å². The number of hydrogen-bond donors (Lipinski definition) is 0. The molecule has 9 heteroatoms.